The molecule has 10 heteroatoms. The highest BCUT2D eigenvalue weighted by Gasteiger charge is 2.31. The predicted molar refractivity (Wildman–Crippen MR) is 179 cm³/mol. The van der Waals surface area contributed by atoms with Crippen molar-refractivity contribution >= 4 is 39.3 Å². The van der Waals surface area contributed by atoms with E-state index in [2.05, 4.69) is 27.5 Å². The van der Waals surface area contributed by atoms with E-state index >= 15 is 0 Å². The molecule has 8 nitrogen and oxygen atoms in total. The summed E-state index contributed by atoms with van der Waals surface area (Å²) in [6.07, 6.45) is 5.72. The highest BCUT2D eigenvalue weighted by molar-refractivity contribution is 9.10. The van der Waals surface area contributed by atoms with Gasteiger partial charge in [-0.3, -0.25) is 9.36 Å². The van der Waals surface area contributed by atoms with Crippen molar-refractivity contribution in [3.05, 3.63) is 132 Å². The van der Waals surface area contributed by atoms with Gasteiger partial charge in [-0.1, -0.05) is 57.6 Å². The fourth-order valence-electron chi connectivity index (χ4n) is 5.03. The molecule has 0 fully saturated rings. The van der Waals surface area contributed by atoms with Crippen molar-refractivity contribution in [2.24, 2.45) is 4.99 Å². The lowest BCUT2D eigenvalue weighted by molar-refractivity contribution is -0.136. The summed E-state index contributed by atoms with van der Waals surface area (Å²) in [7, 11) is 1.31. The second kappa shape index (κ2) is 14.6. The molecule has 1 aliphatic heterocycles. The number of nitrogens with zero attached hydrogens (tertiary/aromatic N) is 2. The van der Waals surface area contributed by atoms with E-state index in [1.807, 2.05) is 74.5 Å². The first kappa shape index (κ1) is 32.0. The number of carbonyl (C=O) groups is 1. The standard InChI is InChI=1S/C35H33BrN2O6S/c1-5-8-24-17-23(11-15-28(24)44-21-22-9-13-26(36)14-10-22)18-31-33(39)38-32(27(34(40)41-4)20-37-35(38)45-31)25-12-16-29(42-6-2)30(19-25)43-7-3/h5,9-20,32H,1,6-8,21H2,2-4H3/b31-18-/t32-/m1/s1. The molecule has 0 N–H and O–H groups in total. The molecule has 5 rings (SSSR count). The highest BCUT2D eigenvalue weighted by atomic mass is 79.9. The molecule has 0 radical (unpaired) electrons. The molecule has 0 bridgehead atoms. The lowest BCUT2D eigenvalue weighted by atomic mass is 9.97. The van der Waals surface area contributed by atoms with Crippen molar-refractivity contribution in [1.82, 2.24) is 4.57 Å². The van der Waals surface area contributed by atoms with Gasteiger partial charge in [-0.05, 0) is 85.0 Å². The lowest BCUT2D eigenvalue weighted by Gasteiger charge is -2.23. The fourth-order valence-corrected chi connectivity index (χ4v) is 6.26. The zero-order valence-electron chi connectivity index (χ0n) is 25.2. The van der Waals surface area contributed by atoms with E-state index < -0.39 is 12.0 Å². The van der Waals surface area contributed by atoms with E-state index in [4.69, 9.17) is 18.9 Å². The number of carbonyl (C=O) groups excluding carboxylic acids is 1. The first-order valence-corrected chi connectivity index (χ1v) is 16.1. The van der Waals surface area contributed by atoms with E-state index in [-0.39, 0.29) is 11.1 Å². The quantitative estimate of drug-likeness (QED) is 0.136. The number of halogens is 1. The molecule has 0 saturated heterocycles. The van der Waals surface area contributed by atoms with Crippen LogP contribution in [0.15, 0.2) is 99.4 Å². The second-order valence-corrected chi connectivity index (χ2v) is 11.9. The highest BCUT2D eigenvalue weighted by Crippen LogP contribution is 2.35. The van der Waals surface area contributed by atoms with Crippen molar-refractivity contribution < 1.29 is 23.7 Å². The molecule has 3 aromatic carbocycles. The van der Waals surface area contributed by atoms with Crippen LogP contribution < -0.4 is 29.1 Å². The van der Waals surface area contributed by atoms with E-state index in [1.54, 1.807) is 12.1 Å². The van der Waals surface area contributed by atoms with Crippen molar-refractivity contribution in [2.45, 2.75) is 32.9 Å². The van der Waals surface area contributed by atoms with Crippen LogP contribution in [-0.2, 0) is 22.6 Å². The SMILES string of the molecule is C=CCc1cc(/C=c2\sc3n(c2=O)[C@H](c2ccc(OCC)c(OCC)c2)C(C(=O)OC)=CN=3)ccc1OCc1ccc(Br)cc1. The Morgan fingerprint density at radius 1 is 1.00 bits per heavy atom. The zero-order valence-corrected chi connectivity index (χ0v) is 27.7. The first-order valence-electron chi connectivity index (χ1n) is 14.5. The van der Waals surface area contributed by atoms with Crippen LogP contribution in [0.5, 0.6) is 17.2 Å². The van der Waals surface area contributed by atoms with Gasteiger partial charge in [0.25, 0.3) is 5.56 Å². The van der Waals surface area contributed by atoms with Crippen LogP contribution in [0.2, 0.25) is 0 Å². The van der Waals surface area contributed by atoms with Gasteiger partial charge >= 0.3 is 5.97 Å². The van der Waals surface area contributed by atoms with Crippen LogP contribution in [-0.4, -0.2) is 30.9 Å². The van der Waals surface area contributed by atoms with Gasteiger partial charge in [0.05, 0.1) is 36.5 Å². The first-order chi connectivity index (χ1) is 21.9. The minimum atomic E-state index is -0.767. The van der Waals surface area contributed by atoms with Crippen LogP contribution in [0.3, 0.4) is 0 Å². The predicted octanol–water partition coefficient (Wildman–Crippen LogP) is 5.89. The summed E-state index contributed by atoms with van der Waals surface area (Å²) in [5, 5.41) is 0. The molecule has 0 unspecified atom stereocenters. The van der Waals surface area contributed by atoms with Gasteiger partial charge in [-0.25, -0.2) is 9.79 Å². The van der Waals surface area contributed by atoms with E-state index in [9.17, 15) is 9.59 Å². The molecule has 0 spiro atoms. The summed E-state index contributed by atoms with van der Waals surface area (Å²) < 4.78 is 25.8. The molecule has 45 heavy (non-hydrogen) atoms. The van der Waals surface area contributed by atoms with Crippen molar-refractivity contribution in [3.63, 3.8) is 0 Å². The number of methoxy groups -OCH3 is 1. The summed E-state index contributed by atoms with van der Waals surface area (Å²) >= 11 is 4.71. The number of aromatic nitrogens is 1. The maximum atomic E-state index is 14.0. The number of thiazole rings is 1. The molecule has 0 saturated carbocycles. The molecular weight excluding hydrogens is 656 g/mol. The van der Waals surface area contributed by atoms with Gasteiger partial charge < -0.3 is 18.9 Å². The van der Waals surface area contributed by atoms with Gasteiger partial charge in [-0.15, -0.1) is 6.58 Å². The number of ether oxygens (including phenoxy) is 4. The molecule has 1 atom stereocenters. The maximum absolute atomic E-state index is 14.0. The third kappa shape index (κ3) is 7.13. The molecule has 1 aromatic heterocycles. The molecule has 2 heterocycles. The van der Waals surface area contributed by atoms with E-state index in [0.717, 1.165) is 26.9 Å². The van der Waals surface area contributed by atoms with Gasteiger partial charge in [0, 0.05) is 10.7 Å². The third-order valence-corrected chi connectivity index (χ3v) is 8.59. The van der Waals surface area contributed by atoms with Crippen molar-refractivity contribution in [2.75, 3.05) is 20.3 Å². The molecule has 1 aliphatic rings. The fraction of sp³-hybridized carbons (Fsp3) is 0.229. The number of allylic oxidation sites excluding steroid dienone is 1. The third-order valence-electron chi connectivity index (χ3n) is 7.06. The Kier molecular flexibility index (Phi) is 10.4. The molecular formula is C35H33BrN2O6S. The average Bonchev–Trinajstić information content (AvgIpc) is 3.36. The molecule has 4 aromatic rings. The smallest absolute Gasteiger partial charge is 0.337 e. The van der Waals surface area contributed by atoms with Crippen molar-refractivity contribution in [1.29, 1.82) is 0 Å². The normalized spacial score (nSPS) is 14.2. The Bertz CT molecular complexity index is 1930. The van der Waals surface area contributed by atoms with Crippen molar-refractivity contribution in [3.8, 4) is 17.2 Å². The van der Waals surface area contributed by atoms with E-state index in [1.165, 1.54) is 29.2 Å². The van der Waals surface area contributed by atoms with Gasteiger partial charge in [-0.2, -0.15) is 0 Å². The number of hydrogen-bond donors (Lipinski definition) is 0. The Balaban J connectivity index is 1.54. The minimum absolute atomic E-state index is 0.239. The summed E-state index contributed by atoms with van der Waals surface area (Å²) in [6.45, 7) is 8.99. The number of fused-ring (bicyclic) bond motifs is 1. The lowest BCUT2D eigenvalue weighted by Crippen LogP contribution is -2.39. The number of rotatable bonds is 12. The van der Waals surface area contributed by atoms with Crippen LogP contribution in [0, 0.1) is 0 Å². The Hall–Kier alpha value is -4.41. The summed E-state index contributed by atoms with van der Waals surface area (Å²) in [6, 6.07) is 18.4. The van der Waals surface area contributed by atoms with E-state index in [0.29, 0.717) is 52.6 Å². The number of esters is 1. The topological polar surface area (TPSA) is 88.4 Å². The summed E-state index contributed by atoms with van der Waals surface area (Å²) in [5.74, 6) is 1.29. The van der Waals surface area contributed by atoms with Gasteiger partial charge in [0.15, 0.2) is 16.3 Å². The van der Waals surface area contributed by atoms with Gasteiger partial charge in [0.1, 0.15) is 12.4 Å². The van der Waals surface area contributed by atoms with Crippen LogP contribution in [0.4, 0.5) is 0 Å². The minimum Gasteiger partial charge on any atom is -0.490 e. The zero-order chi connectivity index (χ0) is 31.9. The van der Waals surface area contributed by atoms with Crippen LogP contribution in [0.25, 0.3) is 6.08 Å². The summed E-state index contributed by atoms with van der Waals surface area (Å²) in [5.41, 5.74) is 3.47. The molecule has 0 aliphatic carbocycles. The Morgan fingerprint density at radius 2 is 1.73 bits per heavy atom. The Labute approximate surface area is 273 Å². The number of hydrogen-bond acceptors (Lipinski definition) is 8. The Morgan fingerprint density at radius 3 is 2.44 bits per heavy atom. The molecule has 0 amide bonds. The summed E-state index contributed by atoms with van der Waals surface area (Å²) in [4.78, 5) is 31.8. The average molecular weight is 690 g/mol. The van der Waals surface area contributed by atoms with Crippen LogP contribution >= 0.6 is 27.3 Å². The maximum Gasteiger partial charge on any atom is 0.337 e. The molecule has 232 valence electrons. The number of benzene rings is 3. The monoisotopic (exact) mass is 688 g/mol. The van der Waals surface area contributed by atoms with Gasteiger partial charge in [0.2, 0.25) is 0 Å². The van der Waals surface area contributed by atoms with Crippen LogP contribution in [0.1, 0.15) is 42.1 Å². The second-order valence-electron chi connectivity index (χ2n) is 10.0. The largest absolute Gasteiger partial charge is 0.490 e.